The molecule has 2 aromatic carbocycles. The third-order valence-corrected chi connectivity index (χ3v) is 4.41. The molecule has 0 saturated heterocycles. The van der Waals surface area contributed by atoms with Gasteiger partial charge >= 0.3 is 0 Å². The molecule has 3 aromatic rings. The number of hydrogen-bond donors (Lipinski definition) is 0. The summed E-state index contributed by atoms with van der Waals surface area (Å²) in [6.07, 6.45) is 2.28. The molecule has 0 fully saturated rings. The van der Waals surface area contributed by atoms with Crippen LogP contribution in [0.4, 0.5) is 0 Å². The van der Waals surface area contributed by atoms with Crippen LogP contribution >= 0.6 is 11.3 Å². The molecular weight excluding hydrogens is 260 g/mol. The fourth-order valence-corrected chi connectivity index (χ4v) is 3.35. The summed E-state index contributed by atoms with van der Waals surface area (Å²) in [7, 11) is 0. The zero-order valence-corrected chi connectivity index (χ0v) is 12.2. The maximum absolute atomic E-state index is 2.28. The lowest BCUT2D eigenvalue weighted by molar-refractivity contribution is 0.717. The summed E-state index contributed by atoms with van der Waals surface area (Å²) in [5.41, 5.74) is 4.28. The predicted octanol–water partition coefficient (Wildman–Crippen LogP) is 5.51. The van der Waals surface area contributed by atoms with Gasteiger partial charge in [0.2, 0.25) is 0 Å². The van der Waals surface area contributed by atoms with Crippen molar-refractivity contribution in [1.29, 1.82) is 0 Å². The van der Waals surface area contributed by atoms with Gasteiger partial charge in [0.25, 0.3) is 0 Å². The number of aryl methyl sites for hydroxylation is 1. The van der Waals surface area contributed by atoms with Crippen LogP contribution in [0.3, 0.4) is 0 Å². The van der Waals surface area contributed by atoms with Crippen LogP contribution in [0.2, 0.25) is 0 Å². The fourth-order valence-electron chi connectivity index (χ4n) is 2.64. The van der Waals surface area contributed by atoms with E-state index in [0.29, 0.717) is 5.92 Å². The van der Waals surface area contributed by atoms with E-state index in [0.717, 1.165) is 12.8 Å². The van der Waals surface area contributed by atoms with E-state index in [4.69, 9.17) is 0 Å². The standard InChI is InChI=1S/C19H18S/c1-3-7-16(8-4-1)11-12-19(18-13-14-20-15-18)17-9-5-2-6-10-17/h1-10,13-15,19H,11-12H2. The Balaban J connectivity index is 1.80. The van der Waals surface area contributed by atoms with Crippen LogP contribution in [0.15, 0.2) is 77.5 Å². The summed E-state index contributed by atoms with van der Waals surface area (Å²) in [5.74, 6) is 0.502. The zero-order chi connectivity index (χ0) is 13.6. The molecule has 100 valence electrons. The Morgan fingerprint density at radius 3 is 2.10 bits per heavy atom. The quantitative estimate of drug-likeness (QED) is 0.577. The van der Waals surface area contributed by atoms with Gasteiger partial charge in [-0.15, -0.1) is 0 Å². The first-order valence-electron chi connectivity index (χ1n) is 7.04. The van der Waals surface area contributed by atoms with Crippen molar-refractivity contribution in [3.63, 3.8) is 0 Å². The van der Waals surface area contributed by atoms with Crippen LogP contribution in [0.25, 0.3) is 0 Å². The molecular formula is C19H18S. The van der Waals surface area contributed by atoms with Gasteiger partial charge < -0.3 is 0 Å². The molecule has 3 rings (SSSR count). The Morgan fingerprint density at radius 1 is 0.750 bits per heavy atom. The van der Waals surface area contributed by atoms with Crippen molar-refractivity contribution >= 4 is 11.3 Å². The van der Waals surface area contributed by atoms with Crippen LogP contribution in [0.5, 0.6) is 0 Å². The molecule has 0 aliphatic heterocycles. The van der Waals surface area contributed by atoms with Crippen LogP contribution in [-0.2, 0) is 6.42 Å². The van der Waals surface area contributed by atoms with Crippen molar-refractivity contribution in [2.75, 3.05) is 0 Å². The van der Waals surface area contributed by atoms with Gasteiger partial charge in [-0.2, -0.15) is 11.3 Å². The fraction of sp³-hybridized carbons (Fsp3) is 0.158. The molecule has 0 aliphatic rings. The van der Waals surface area contributed by atoms with Crippen molar-refractivity contribution in [2.45, 2.75) is 18.8 Å². The lowest BCUT2D eigenvalue weighted by atomic mass is 9.88. The van der Waals surface area contributed by atoms with E-state index in [2.05, 4.69) is 77.5 Å². The Labute approximate surface area is 124 Å². The van der Waals surface area contributed by atoms with Gasteiger partial charge in [-0.25, -0.2) is 0 Å². The van der Waals surface area contributed by atoms with Crippen LogP contribution < -0.4 is 0 Å². The first-order valence-corrected chi connectivity index (χ1v) is 7.99. The van der Waals surface area contributed by atoms with Gasteiger partial charge in [0.05, 0.1) is 0 Å². The minimum absolute atomic E-state index is 0.502. The maximum atomic E-state index is 2.28. The number of rotatable bonds is 5. The molecule has 0 bridgehead atoms. The predicted molar refractivity (Wildman–Crippen MR) is 87.4 cm³/mol. The molecule has 1 atom stereocenters. The van der Waals surface area contributed by atoms with Crippen molar-refractivity contribution in [2.24, 2.45) is 0 Å². The zero-order valence-electron chi connectivity index (χ0n) is 11.4. The summed E-state index contributed by atoms with van der Waals surface area (Å²) in [6.45, 7) is 0. The second-order valence-electron chi connectivity index (χ2n) is 5.04. The van der Waals surface area contributed by atoms with Crippen molar-refractivity contribution in [1.82, 2.24) is 0 Å². The molecule has 0 aliphatic carbocycles. The third kappa shape index (κ3) is 3.17. The van der Waals surface area contributed by atoms with Crippen LogP contribution in [0, 0.1) is 0 Å². The van der Waals surface area contributed by atoms with Crippen molar-refractivity contribution in [3.8, 4) is 0 Å². The molecule has 0 spiro atoms. The summed E-state index contributed by atoms with van der Waals surface area (Å²) in [6, 6.07) is 23.9. The summed E-state index contributed by atoms with van der Waals surface area (Å²) in [5, 5.41) is 4.45. The lowest BCUT2D eigenvalue weighted by Gasteiger charge is -2.16. The molecule has 1 heterocycles. The molecule has 1 aromatic heterocycles. The number of benzene rings is 2. The second kappa shape index (κ2) is 6.53. The van der Waals surface area contributed by atoms with Gasteiger partial charge in [0.1, 0.15) is 0 Å². The van der Waals surface area contributed by atoms with E-state index in [1.807, 2.05) is 0 Å². The number of hydrogen-bond acceptors (Lipinski definition) is 1. The molecule has 1 heteroatoms. The summed E-state index contributed by atoms with van der Waals surface area (Å²) < 4.78 is 0. The van der Waals surface area contributed by atoms with E-state index >= 15 is 0 Å². The van der Waals surface area contributed by atoms with Gasteiger partial charge in [0.15, 0.2) is 0 Å². The molecule has 0 saturated carbocycles. The van der Waals surface area contributed by atoms with E-state index in [1.165, 1.54) is 16.7 Å². The Kier molecular flexibility index (Phi) is 4.29. The molecule has 20 heavy (non-hydrogen) atoms. The number of thiophene rings is 1. The van der Waals surface area contributed by atoms with Gasteiger partial charge in [-0.1, -0.05) is 60.7 Å². The lowest BCUT2D eigenvalue weighted by Crippen LogP contribution is -2.01. The van der Waals surface area contributed by atoms with Gasteiger partial charge in [0, 0.05) is 5.92 Å². The van der Waals surface area contributed by atoms with Crippen molar-refractivity contribution < 1.29 is 0 Å². The van der Waals surface area contributed by atoms with Crippen LogP contribution in [-0.4, -0.2) is 0 Å². The molecule has 0 nitrogen and oxygen atoms in total. The SMILES string of the molecule is c1ccc(CCC(c2ccccc2)c2ccsc2)cc1. The van der Waals surface area contributed by atoms with E-state index < -0.39 is 0 Å². The first-order chi connectivity index (χ1) is 9.93. The van der Waals surface area contributed by atoms with E-state index in [9.17, 15) is 0 Å². The smallest absolute Gasteiger partial charge is 0.0101 e. The Bertz CT molecular complexity index is 611. The summed E-state index contributed by atoms with van der Waals surface area (Å²) >= 11 is 1.78. The first kappa shape index (κ1) is 13.1. The average Bonchev–Trinajstić information content (AvgIpc) is 3.04. The van der Waals surface area contributed by atoms with Gasteiger partial charge in [-0.05, 0) is 46.4 Å². The topological polar surface area (TPSA) is 0 Å². The molecule has 0 radical (unpaired) electrons. The normalized spacial score (nSPS) is 12.2. The molecule has 1 unspecified atom stereocenters. The Morgan fingerprint density at radius 2 is 1.45 bits per heavy atom. The largest absolute Gasteiger partial charge is 0.152 e. The monoisotopic (exact) mass is 278 g/mol. The van der Waals surface area contributed by atoms with Crippen molar-refractivity contribution in [3.05, 3.63) is 94.2 Å². The third-order valence-electron chi connectivity index (χ3n) is 3.71. The minimum atomic E-state index is 0.502. The molecule has 0 N–H and O–H groups in total. The molecule has 0 amide bonds. The highest BCUT2D eigenvalue weighted by Gasteiger charge is 2.14. The highest BCUT2D eigenvalue weighted by molar-refractivity contribution is 7.08. The van der Waals surface area contributed by atoms with E-state index in [1.54, 1.807) is 11.3 Å². The average molecular weight is 278 g/mol. The highest BCUT2D eigenvalue weighted by atomic mass is 32.1. The van der Waals surface area contributed by atoms with E-state index in [-0.39, 0.29) is 0 Å². The maximum Gasteiger partial charge on any atom is 0.0101 e. The van der Waals surface area contributed by atoms with Crippen LogP contribution in [0.1, 0.15) is 29.0 Å². The Hall–Kier alpha value is -1.86. The minimum Gasteiger partial charge on any atom is -0.152 e. The summed E-state index contributed by atoms with van der Waals surface area (Å²) in [4.78, 5) is 0. The second-order valence-corrected chi connectivity index (χ2v) is 5.82. The highest BCUT2D eigenvalue weighted by Crippen LogP contribution is 2.30. The van der Waals surface area contributed by atoms with Gasteiger partial charge in [-0.3, -0.25) is 0 Å².